The van der Waals surface area contributed by atoms with E-state index in [2.05, 4.69) is 4.90 Å². The van der Waals surface area contributed by atoms with Gasteiger partial charge in [-0.25, -0.2) is 0 Å². The number of hydrogen-bond donors (Lipinski definition) is 1. The molecule has 0 amide bonds. The van der Waals surface area contributed by atoms with Crippen LogP contribution in [0, 0.1) is 0 Å². The highest BCUT2D eigenvalue weighted by atomic mass is 16.5. The van der Waals surface area contributed by atoms with Crippen molar-refractivity contribution < 1.29 is 14.2 Å². The van der Waals surface area contributed by atoms with Gasteiger partial charge >= 0.3 is 0 Å². The number of methoxy groups -OCH3 is 2. The van der Waals surface area contributed by atoms with Gasteiger partial charge < -0.3 is 19.9 Å². The Morgan fingerprint density at radius 1 is 0.900 bits per heavy atom. The van der Waals surface area contributed by atoms with E-state index in [1.54, 1.807) is 14.2 Å². The molecular weight excluding hydrogens is 256 g/mol. The molecule has 0 heterocycles. The van der Waals surface area contributed by atoms with Crippen LogP contribution in [0.3, 0.4) is 0 Å². The summed E-state index contributed by atoms with van der Waals surface area (Å²) in [4.78, 5) is 2.32. The number of nitrogens with zero attached hydrogens (tertiary/aromatic N) is 1. The van der Waals surface area contributed by atoms with Crippen molar-refractivity contribution >= 4 is 5.69 Å². The Morgan fingerprint density at radius 2 is 1.50 bits per heavy atom. The second-order valence-electron chi connectivity index (χ2n) is 4.60. The molecule has 0 saturated heterocycles. The molecule has 1 aromatic rings. The van der Waals surface area contributed by atoms with Gasteiger partial charge in [-0.1, -0.05) is 0 Å². The zero-order chi connectivity index (χ0) is 14.6. The van der Waals surface area contributed by atoms with Crippen LogP contribution in [-0.2, 0) is 9.47 Å². The Labute approximate surface area is 121 Å². The van der Waals surface area contributed by atoms with E-state index in [1.807, 2.05) is 24.3 Å². The second-order valence-corrected chi connectivity index (χ2v) is 4.60. The zero-order valence-corrected chi connectivity index (χ0v) is 12.5. The third-order valence-corrected chi connectivity index (χ3v) is 2.99. The molecular formula is C15H26N2O3. The Kier molecular flexibility index (Phi) is 8.78. The fraction of sp³-hybridized carbons (Fsp3) is 0.600. The highest BCUT2D eigenvalue weighted by Gasteiger charge is 2.04. The highest BCUT2D eigenvalue weighted by molar-refractivity contribution is 5.41. The van der Waals surface area contributed by atoms with Gasteiger partial charge in [-0.2, -0.15) is 0 Å². The second kappa shape index (κ2) is 10.5. The van der Waals surface area contributed by atoms with E-state index in [-0.39, 0.29) is 0 Å². The lowest BCUT2D eigenvalue weighted by molar-refractivity contribution is 0.110. The SMILES string of the molecule is COCCN(CCCOc1ccc(N)cc1)CCOC. The van der Waals surface area contributed by atoms with Crippen LogP contribution in [0.25, 0.3) is 0 Å². The average Bonchev–Trinajstić information content (AvgIpc) is 2.47. The van der Waals surface area contributed by atoms with Gasteiger partial charge in [0.05, 0.1) is 19.8 Å². The minimum Gasteiger partial charge on any atom is -0.494 e. The average molecular weight is 282 g/mol. The molecule has 2 N–H and O–H groups in total. The van der Waals surface area contributed by atoms with Gasteiger partial charge in [-0.15, -0.1) is 0 Å². The topological polar surface area (TPSA) is 57.0 Å². The third-order valence-electron chi connectivity index (χ3n) is 2.99. The van der Waals surface area contributed by atoms with Crippen molar-refractivity contribution in [1.29, 1.82) is 0 Å². The Hall–Kier alpha value is -1.30. The normalized spacial score (nSPS) is 10.9. The molecule has 0 spiro atoms. The molecule has 0 unspecified atom stereocenters. The summed E-state index contributed by atoms with van der Waals surface area (Å²) in [6, 6.07) is 7.48. The minimum absolute atomic E-state index is 0.695. The van der Waals surface area contributed by atoms with Gasteiger partial charge in [0, 0.05) is 39.5 Å². The van der Waals surface area contributed by atoms with Crippen molar-refractivity contribution in [3.8, 4) is 5.75 Å². The predicted octanol–water partition coefficient (Wildman–Crippen LogP) is 1.63. The molecule has 1 aromatic carbocycles. The maximum Gasteiger partial charge on any atom is 0.119 e. The maximum atomic E-state index is 5.68. The summed E-state index contributed by atoms with van der Waals surface area (Å²) in [6.45, 7) is 4.98. The van der Waals surface area contributed by atoms with Crippen LogP contribution in [0.1, 0.15) is 6.42 Å². The largest absolute Gasteiger partial charge is 0.494 e. The van der Waals surface area contributed by atoms with Gasteiger partial charge in [-0.3, -0.25) is 4.90 Å². The molecule has 0 aliphatic carbocycles. The molecule has 0 aliphatic rings. The van der Waals surface area contributed by atoms with Gasteiger partial charge in [0.15, 0.2) is 0 Å². The first kappa shape index (κ1) is 16.8. The molecule has 5 heteroatoms. The van der Waals surface area contributed by atoms with Crippen LogP contribution in [-0.4, -0.2) is 58.6 Å². The lowest BCUT2D eigenvalue weighted by atomic mass is 10.3. The molecule has 0 saturated carbocycles. The van der Waals surface area contributed by atoms with Crippen molar-refractivity contribution in [3.05, 3.63) is 24.3 Å². The summed E-state index contributed by atoms with van der Waals surface area (Å²) in [5, 5.41) is 0. The van der Waals surface area contributed by atoms with Crippen LogP contribution < -0.4 is 10.5 Å². The van der Waals surface area contributed by atoms with E-state index in [0.717, 1.165) is 50.7 Å². The summed E-state index contributed by atoms with van der Waals surface area (Å²) in [5.74, 6) is 0.861. The first-order chi connectivity index (χ1) is 9.76. The molecule has 20 heavy (non-hydrogen) atoms. The van der Waals surface area contributed by atoms with Gasteiger partial charge in [0.1, 0.15) is 5.75 Å². The molecule has 5 nitrogen and oxygen atoms in total. The molecule has 1 rings (SSSR count). The van der Waals surface area contributed by atoms with Crippen molar-refractivity contribution in [2.24, 2.45) is 0 Å². The van der Waals surface area contributed by atoms with Gasteiger partial charge in [-0.05, 0) is 30.7 Å². The lowest BCUT2D eigenvalue weighted by Gasteiger charge is -2.21. The number of anilines is 1. The number of rotatable bonds is 11. The molecule has 0 fully saturated rings. The van der Waals surface area contributed by atoms with Gasteiger partial charge in [0.25, 0.3) is 0 Å². The van der Waals surface area contributed by atoms with Crippen LogP contribution in [0.4, 0.5) is 5.69 Å². The van der Waals surface area contributed by atoms with Crippen molar-refractivity contribution in [2.45, 2.75) is 6.42 Å². The molecule has 0 bridgehead atoms. The van der Waals surface area contributed by atoms with E-state index in [1.165, 1.54) is 0 Å². The zero-order valence-electron chi connectivity index (χ0n) is 12.5. The molecule has 0 radical (unpaired) electrons. The quantitative estimate of drug-likeness (QED) is 0.494. The van der Waals surface area contributed by atoms with Crippen LogP contribution in [0.5, 0.6) is 5.75 Å². The van der Waals surface area contributed by atoms with E-state index >= 15 is 0 Å². The number of hydrogen-bond acceptors (Lipinski definition) is 5. The summed E-state index contributed by atoms with van der Waals surface area (Å²) >= 11 is 0. The lowest BCUT2D eigenvalue weighted by Crippen LogP contribution is -2.32. The highest BCUT2D eigenvalue weighted by Crippen LogP contribution is 2.13. The van der Waals surface area contributed by atoms with Crippen LogP contribution >= 0.6 is 0 Å². The van der Waals surface area contributed by atoms with E-state index in [4.69, 9.17) is 19.9 Å². The summed E-state index contributed by atoms with van der Waals surface area (Å²) in [5.41, 5.74) is 6.38. The van der Waals surface area contributed by atoms with Crippen LogP contribution in [0.2, 0.25) is 0 Å². The Balaban J connectivity index is 2.19. The van der Waals surface area contributed by atoms with E-state index in [0.29, 0.717) is 6.61 Å². The number of ether oxygens (including phenoxy) is 3. The number of nitrogens with two attached hydrogens (primary N) is 1. The fourth-order valence-electron chi connectivity index (χ4n) is 1.82. The molecule has 0 aromatic heterocycles. The minimum atomic E-state index is 0.695. The molecule has 114 valence electrons. The van der Waals surface area contributed by atoms with Crippen molar-refractivity contribution in [1.82, 2.24) is 4.90 Å². The number of nitrogen functional groups attached to an aromatic ring is 1. The van der Waals surface area contributed by atoms with Crippen molar-refractivity contribution in [2.75, 3.05) is 59.4 Å². The summed E-state index contributed by atoms with van der Waals surface area (Å²) < 4.78 is 15.9. The number of benzene rings is 1. The first-order valence-electron chi connectivity index (χ1n) is 6.95. The first-order valence-corrected chi connectivity index (χ1v) is 6.95. The van der Waals surface area contributed by atoms with E-state index in [9.17, 15) is 0 Å². The Morgan fingerprint density at radius 3 is 2.05 bits per heavy atom. The van der Waals surface area contributed by atoms with Crippen molar-refractivity contribution in [3.63, 3.8) is 0 Å². The standard InChI is InChI=1S/C15H26N2O3/c1-18-12-9-17(10-13-19-2)8-3-11-20-15-6-4-14(16)5-7-15/h4-7H,3,8-13,16H2,1-2H3. The smallest absolute Gasteiger partial charge is 0.119 e. The van der Waals surface area contributed by atoms with Crippen LogP contribution in [0.15, 0.2) is 24.3 Å². The maximum absolute atomic E-state index is 5.68. The predicted molar refractivity (Wildman–Crippen MR) is 81.2 cm³/mol. The summed E-state index contributed by atoms with van der Waals surface area (Å²) in [7, 11) is 3.44. The van der Waals surface area contributed by atoms with E-state index < -0.39 is 0 Å². The molecule has 0 atom stereocenters. The third kappa shape index (κ3) is 7.33. The van der Waals surface area contributed by atoms with Gasteiger partial charge in [0.2, 0.25) is 0 Å². The fourth-order valence-corrected chi connectivity index (χ4v) is 1.82. The molecule has 0 aliphatic heterocycles. The monoisotopic (exact) mass is 282 g/mol. The Bertz CT molecular complexity index is 335. The summed E-state index contributed by atoms with van der Waals surface area (Å²) in [6.07, 6.45) is 0.970.